The summed E-state index contributed by atoms with van der Waals surface area (Å²) >= 11 is 0. The van der Waals surface area contributed by atoms with Gasteiger partial charge in [-0.25, -0.2) is 0 Å². The van der Waals surface area contributed by atoms with Gasteiger partial charge in [-0.1, -0.05) is 5.92 Å². The van der Waals surface area contributed by atoms with Crippen LogP contribution in [0, 0.1) is 17.3 Å². The first kappa shape index (κ1) is 13.0. The summed E-state index contributed by atoms with van der Waals surface area (Å²) in [5, 5.41) is 6.12. The topological polar surface area (TPSA) is 50.4 Å². The molecule has 0 aromatic rings. The van der Waals surface area contributed by atoms with Gasteiger partial charge in [-0.05, 0) is 32.9 Å². The Morgan fingerprint density at radius 2 is 2.19 bits per heavy atom. The fourth-order valence-corrected chi connectivity index (χ4v) is 2.02. The summed E-state index contributed by atoms with van der Waals surface area (Å²) in [6, 6.07) is 0. The Morgan fingerprint density at radius 1 is 1.50 bits per heavy atom. The number of hydrogen-bond acceptors (Lipinski definition) is 3. The van der Waals surface area contributed by atoms with E-state index in [1.165, 1.54) is 0 Å². The molecule has 2 N–H and O–H groups in total. The summed E-state index contributed by atoms with van der Waals surface area (Å²) in [5.41, 5.74) is -0.366. The molecular weight excluding hydrogens is 204 g/mol. The van der Waals surface area contributed by atoms with Crippen LogP contribution < -0.4 is 10.6 Å². The number of ether oxygens (including phenoxy) is 1. The largest absolute Gasteiger partial charge is 0.384 e. The third kappa shape index (κ3) is 3.22. The van der Waals surface area contributed by atoms with Crippen molar-refractivity contribution in [2.45, 2.75) is 19.8 Å². The molecule has 1 aliphatic rings. The molecule has 4 nitrogen and oxygen atoms in total. The fraction of sp³-hybridized carbons (Fsp3) is 0.750. The smallest absolute Gasteiger partial charge is 0.229 e. The van der Waals surface area contributed by atoms with Gasteiger partial charge in [0.05, 0.1) is 18.6 Å². The van der Waals surface area contributed by atoms with Gasteiger partial charge in [-0.2, -0.15) is 0 Å². The molecule has 0 atom stereocenters. The van der Waals surface area contributed by atoms with Crippen LogP contribution in [0.25, 0.3) is 0 Å². The number of piperidine rings is 1. The van der Waals surface area contributed by atoms with Crippen molar-refractivity contribution in [2.75, 3.05) is 33.4 Å². The number of rotatable bonds is 4. The second-order valence-electron chi connectivity index (χ2n) is 4.07. The molecular formula is C12H20N2O2. The molecule has 1 fully saturated rings. The molecule has 0 radical (unpaired) electrons. The van der Waals surface area contributed by atoms with E-state index in [0.29, 0.717) is 13.2 Å². The molecule has 16 heavy (non-hydrogen) atoms. The Balaban J connectivity index is 2.59. The van der Waals surface area contributed by atoms with Crippen molar-refractivity contribution < 1.29 is 9.53 Å². The first-order valence-electron chi connectivity index (χ1n) is 5.63. The molecule has 0 unspecified atom stereocenters. The molecule has 0 bridgehead atoms. The van der Waals surface area contributed by atoms with Gasteiger partial charge in [-0.15, -0.1) is 5.92 Å². The number of amides is 1. The number of hydrogen-bond donors (Lipinski definition) is 2. The summed E-state index contributed by atoms with van der Waals surface area (Å²) in [6.45, 7) is 4.42. The Bertz CT molecular complexity index is 280. The van der Waals surface area contributed by atoms with Gasteiger partial charge in [-0.3, -0.25) is 4.79 Å². The summed E-state index contributed by atoms with van der Waals surface area (Å²) in [6.07, 6.45) is 1.65. The molecule has 1 amide bonds. The Labute approximate surface area is 97.1 Å². The minimum atomic E-state index is -0.366. The van der Waals surface area contributed by atoms with Crippen molar-refractivity contribution in [1.29, 1.82) is 0 Å². The number of nitrogens with one attached hydrogen (secondary N) is 2. The van der Waals surface area contributed by atoms with Crippen molar-refractivity contribution in [2.24, 2.45) is 5.41 Å². The lowest BCUT2D eigenvalue weighted by molar-refractivity contribution is -0.135. The molecule has 4 heteroatoms. The lowest BCUT2D eigenvalue weighted by Crippen LogP contribution is -2.50. The Kier molecular flexibility index (Phi) is 5.30. The maximum absolute atomic E-state index is 12.1. The van der Waals surface area contributed by atoms with Crippen LogP contribution in [0.3, 0.4) is 0 Å². The normalized spacial score (nSPS) is 18.4. The summed E-state index contributed by atoms with van der Waals surface area (Å²) < 4.78 is 5.19. The van der Waals surface area contributed by atoms with E-state index in [0.717, 1.165) is 25.9 Å². The van der Waals surface area contributed by atoms with Gasteiger partial charge in [0.1, 0.15) is 0 Å². The van der Waals surface area contributed by atoms with E-state index < -0.39 is 0 Å². The number of carbonyl (C=O) groups is 1. The van der Waals surface area contributed by atoms with Crippen molar-refractivity contribution in [3.63, 3.8) is 0 Å². The number of methoxy groups -OCH3 is 1. The quantitative estimate of drug-likeness (QED) is 0.668. The maximum Gasteiger partial charge on any atom is 0.229 e. The molecule has 1 heterocycles. The highest BCUT2D eigenvalue weighted by Gasteiger charge is 2.39. The minimum Gasteiger partial charge on any atom is -0.384 e. The van der Waals surface area contributed by atoms with Gasteiger partial charge in [0.15, 0.2) is 0 Å². The monoisotopic (exact) mass is 224 g/mol. The summed E-state index contributed by atoms with van der Waals surface area (Å²) in [7, 11) is 1.64. The van der Waals surface area contributed by atoms with Crippen molar-refractivity contribution in [1.82, 2.24) is 10.6 Å². The van der Waals surface area contributed by atoms with Crippen LogP contribution in [0.1, 0.15) is 19.8 Å². The van der Waals surface area contributed by atoms with E-state index >= 15 is 0 Å². The lowest BCUT2D eigenvalue weighted by Gasteiger charge is -2.35. The zero-order chi connectivity index (χ0) is 11.9. The molecule has 0 saturated carbocycles. The Hall–Kier alpha value is -1.05. The molecule has 1 saturated heterocycles. The van der Waals surface area contributed by atoms with Crippen LogP contribution in [-0.4, -0.2) is 39.3 Å². The average molecular weight is 224 g/mol. The zero-order valence-corrected chi connectivity index (χ0v) is 10.1. The van der Waals surface area contributed by atoms with Crippen LogP contribution in [-0.2, 0) is 9.53 Å². The molecule has 0 aliphatic carbocycles. The maximum atomic E-state index is 12.1. The van der Waals surface area contributed by atoms with E-state index in [2.05, 4.69) is 22.5 Å². The van der Waals surface area contributed by atoms with E-state index in [9.17, 15) is 4.79 Å². The predicted octanol–water partition coefficient (Wildman–Crippen LogP) is 0.142. The highest BCUT2D eigenvalue weighted by atomic mass is 16.5. The molecule has 90 valence electrons. The van der Waals surface area contributed by atoms with E-state index in [1.54, 1.807) is 14.0 Å². The van der Waals surface area contributed by atoms with Gasteiger partial charge in [0, 0.05) is 7.11 Å². The number of carbonyl (C=O) groups excluding carboxylic acids is 1. The van der Waals surface area contributed by atoms with Crippen LogP contribution in [0.2, 0.25) is 0 Å². The average Bonchev–Trinajstić information content (AvgIpc) is 2.31. The molecule has 0 aromatic heterocycles. The lowest BCUT2D eigenvalue weighted by atomic mass is 9.78. The van der Waals surface area contributed by atoms with E-state index in [-0.39, 0.29) is 11.3 Å². The molecule has 1 rings (SSSR count). The van der Waals surface area contributed by atoms with E-state index in [1.807, 2.05) is 0 Å². The fourth-order valence-electron chi connectivity index (χ4n) is 2.02. The Morgan fingerprint density at radius 3 is 2.75 bits per heavy atom. The van der Waals surface area contributed by atoms with Crippen LogP contribution in [0.15, 0.2) is 0 Å². The SMILES string of the molecule is CC#CCNC(=O)C1(COC)CCNCC1. The second-order valence-corrected chi connectivity index (χ2v) is 4.07. The highest BCUT2D eigenvalue weighted by molar-refractivity contribution is 5.83. The third-order valence-electron chi connectivity index (χ3n) is 2.98. The van der Waals surface area contributed by atoms with Gasteiger partial charge in [0.2, 0.25) is 5.91 Å². The third-order valence-corrected chi connectivity index (χ3v) is 2.98. The summed E-state index contributed by atoms with van der Waals surface area (Å²) in [4.78, 5) is 12.1. The van der Waals surface area contributed by atoms with Crippen molar-refractivity contribution in [3.8, 4) is 11.8 Å². The summed E-state index contributed by atoms with van der Waals surface area (Å²) in [5.74, 6) is 5.67. The highest BCUT2D eigenvalue weighted by Crippen LogP contribution is 2.29. The second kappa shape index (κ2) is 6.51. The van der Waals surface area contributed by atoms with Crippen LogP contribution >= 0.6 is 0 Å². The standard InChI is InChI=1S/C12H20N2O2/c1-3-4-7-14-11(15)12(10-16-2)5-8-13-9-6-12/h13H,5-10H2,1-2H3,(H,14,15). The van der Waals surface area contributed by atoms with Crippen molar-refractivity contribution in [3.05, 3.63) is 0 Å². The van der Waals surface area contributed by atoms with E-state index in [4.69, 9.17) is 4.74 Å². The van der Waals surface area contributed by atoms with Gasteiger partial charge < -0.3 is 15.4 Å². The first-order valence-corrected chi connectivity index (χ1v) is 5.63. The molecule has 0 aromatic carbocycles. The van der Waals surface area contributed by atoms with Crippen LogP contribution in [0.4, 0.5) is 0 Å². The minimum absolute atomic E-state index is 0.0681. The molecule has 1 aliphatic heterocycles. The van der Waals surface area contributed by atoms with Gasteiger partial charge in [0.25, 0.3) is 0 Å². The first-order chi connectivity index (χ1) is 7.75. The predicted molar refractivity (Wildman–Crippen MR) is 62.9 cm³/mol. The van der Waals surface area contributed by atoms with Crippen LogP contribution in [0.5, 0.6) is 0 Å². The van der Waals surface area contributed by atoms with Crippen molar-refractivity contribution >= 4 is 5.91 Å². The zero-order valence-electron chi connectivity index (χ0n) is 10.1. The van der Waals surface area contributed by atoms with Gasteiger partial charge >= 0.3 is 0 Å². The molecule has 0 spiro atoms.